The lowest BCUT2D eigenvalue weighted by molar-refractivity contribution is 0.0285. The van der Waals surface area contributed by atoms with Crippen LogP contribution in [0.25, 0.3) is 0 Å². The van der Waals surface area contributed by atoms with Gasteiger partial charge in [-0.25, -0.2) is 4.79 Å². The fourth-order valence-electron chi connectivity index (χ4n) is 2.43. The predicted molar refractivity (Wildman–Crippen MR) is 135 cm³/mol. The Balaban J connectivity index is 0.00000784. The van der Waals surface area contributed by atoms with E-state index in [9.17, 15) is 4.79 Å². The van der Waals surface area contributed by atoms with Crippen LogP contribution in [0.2, 0.25) is 0 Å². The van der Waals surface area contributed by atoms with Crippen LogP contribution in [0, 0.1) is 0 Å². The van der Waals surface area contributed by atoms with Crippen molar-refractivity contribution in [2.75, 3.05) is 32.6 Å². The van der Waals surface area contributed by atoms with Crippen molar-refractivity contribution >= 4 is 47.8 Å². The molecular formula is C21H37IN4O2S. The molecular weight excluding hydrogens is 499 g/mol. The number of nitrogens with zero attached hydrogens (tertiary/aromatic N) is 2. The minimum absolute atomic E-state index is 0. The number of unbranched alkanes of at least 4 members (excludes halogenated alkanes) is 1. The summed E-state index contributed by atoms with van der Waals surface area (Å²) in [5, 5.41) is 6.67. The molecule has 0 aliphatic heterocycles. The molecule has 0 saturated carbocycles. The minimum Gasteiger partial charge on any atom is -0.444 e. The zero-order chi connectivity index (χ0) is 21.0. The van der Waals surface area contributed by atoms with Gasteiger partial charge in [0.2, 0.25) is 0 Å². The summed E-state index contributed by atoms with van der Waals surface area (Å²) < 4.78 is 5.38. The Morgan fingerprint density at radius 1 is 1.14 bits per heavy atom. The number of amides is 1. The van der Waals surface area contributed by atoms with Gasteiger partial charge in [-0.2, -0.15) is 11.8 Å². The molecule has 0 heterocycles. The van der Waals surface area contributed by atoms with Crippen LogP contribution in [0.4, 0.5) is 4.79 Å². The molecule has 0 aromatic heterocycles. The van der Waals surface area contributed by atoms with E-state index in [-0.39, 0.29) is 30.1 Å². The van der Waals surface area contributed by atoms with Crippen LogP contribution < -0.4 is 10.6 Å². The van der Waals surface area contributed by atoms with Crippen molar-refractivity contribution in [1.29, 1.82) is 0 Å². The summed E-state index contributed by atoms with van der Waals surface area (Å²) in [6, 6.07) is 8.21. The first-order chi connectivity index (χ1) is 13.2. The number of carbonyl (C=O) groups is 1. The van der Waals surface area contributed by atoms with Crippen LogP contribution in [0.5, 0.6) is 0 Å². The summed E-state index contributed by atoms with van der Waals surface area (Å²) in [4.78, 5) is 17.9. The first-order valence-corrected chi connectivity index (χ1v) is 11.1. The molecule has 0 spiro atoms. The summed E-state index contributed by atoms with van der Waals surface area (Å²) >= 11 is 1.88. The summed E-state index contributed by atoms with van der Waals surface area (Å²) in [5.74, 6) is 2.02. The fraction of sp³-hybridized carbons (Fsp3) is 0.619. The topological polar surface area (TPSA) is 66.0 Å². The maximum atomic E-state index is 12.1. The molecule has 8 heteroatoms. The maximum absolute atomic E-state index is 12.1. The Labute approximate surface area is 197 Å². The number of benzene rings is 1. The zero-order valence-corrected chi connectivity index (χ0v) is 21.7. The first kappa shape index (κ1) is 27.8. The van der Waals surface area contributed by atoms with Gasteiger partial charge in [-0.1, -0.05) is 24.3 Å². The number of thioether (sulfide) groups is 1. The van der Waals surface area contributed by atoms with Gasteiger partial charge in [0.05, 0.1) is 0 Å². The molecule has 6 nitrogen and oxygen atoms in total. The molecule has 1 aromatic carbocycles. The molecule has 0 aliphatic rings. The highest BCUT2D eigenvalue weighted by molar-refractivity contribution is 14.0. The van der Waals surface area contributed by atoms with E-state index in [1.807, 2.05) is 44.7 Å². The van der Waals surface area contributed by atoms with Crippen LogP contribution in [0.1, 0.15) is 44.7 Å². The molecule has 1 amide bonds. The molecule has 0 fully saturated rings. The molecule has 0 saturated heterocycles. The average Bonchev–Trinajstić information content (AvgIpc) is 2.63. The third-order valence-corrected chi connectivity index (χ3v) is 4.60. The van der Waals surface area contributed by atoms with E-state index in [0.29, 0.717) is 13.1 Å². The van der Waals surface area contributed by atoms with Crippen molar-refractivity contribution in [3.05, 3.63) is 35.4 Å². The predicted octanol–water partition coefficient (Wildman–Crippen LogP) is 4.48. The van der Waals surface area contributed by atoms with Gasteiger partial charge in [-0.15, -0.1) is 24.0 Å². The van der Waals surface area contributed by atoms with Gasteiger partial charge >= 0.3 is 6.09 Å². The highest BCUT2D eigenvalue weighted by atomic mass is 127. The number of carbonyl (C=O) groups excluding carboxylic acids is 1. The number of guanidine groups is 1. The number of nitrogens with one attached hydrogen (secondary N) is 2. The van der Waals surface area contributed by atoms with Gasteiger partial charge in [0.15, 0.2) is 5.96 Å². The van der Waals surface area contributed by atoms with Crippen molar-refractivity contribution in [1.82, 2.24) is 15.5 Å². The molecule has 29 heavy (non-hydrogen) atoms. The van der Waals surface area contributed by atoms with Crippen LogP contribution in [0.3, 0.4) is 0 Å². The molecule has 166 valence electrons. The Hall–Kier alpha value is -1.16. The van der Waals surface area contributed by atoms with E-state index in [1.54, 1.807) is 19.0 Å². The number of hydrogen-bond donors (Lipinski definition) is 2. The van der Waals surface area contributed by atoms with Gasteiger partial charge in [0, 0.05) is 33.7 Å². The monoisotopic (exact) mass is 536 g/mol. The lowest BCUT2D eigenvalue weighted by Gasteiger charge is -2.24. The van der Waals surface area contributed by atoms with Gasteiger partial charge < -0.3 is 20.3 Å². The summed E-state index contributed by atoms with van der Waals surface area (Å²) in [5.41, 5.74) is 1.74. The SMILES string of the molecule is CN=C(NCCCCSC)NCc1ccc(CN(C)C(=O)OC(C)(C)C)cc1.I. The molecule has 2 N–H and O–H groups in total. The minimum atomic E-state index is -0.484. The zero-order valence-electron chi connectivity index (χ0n) is 18.6. The second-order valence-electron chi connectivity index (χ2n) is 7.71. The van der Waals surface area contributed by atoms with Gasteiger partial charge in [-0.05, 0) is 56.7 Å². The molecule has 1 aromatic rings. The molecule has 0 bridgehead atoms. The molecule has 0 aliphatic carbocycles. The Kier molecular flexibility index (Phi) is 14.2. The Morgan fingerprint density at radius 2 is 1.76 bits per heavy atom. The van der Waals surface area contributed by atoms with Gasteiger partial charge in [-0.3, -0.25) is 4.99 Å². The average molecular weight is 537 g/mol. The largest absolute Gasteiger partial charge is 0.444 e. The van der Waals surface area contributed by atoms with E-state index in [2.05, 4.69) is 34.0 Å². The lowest BCUT2D eigenvalue weighted by Crippen LogP contribution is -2.37. The molecule has 1 rings (SSSR count). The highest BCUT2D eigenvalue weighted by Gasteiger charge is 2.19. The maximum Gasteiger partial charge on any atom is 0.410 e. The van der Waals surface area contributed by atoms with Crippen molar-refractivity contribution in [2.24, 2.45) is 4.99 Å². The summed E-state index contributed by atoms with van der Waals surface area (Å²) in [6.07, 6.45) is 4.17. The quantitative estimate of drug-likeness (QED) is 0.211. The lowest BCUT2D eigenvalue weighted by atomic mass is 10.1. The van der Waals surface area contributed by atoms with E-state index >= 15 is 0 Å². The smallest absolute Gasteiger partial charge is 0.410 e. The second kappa shape index (κ2) is 14.8. The number of halogens is 1. The van der Waals surface area contributed by atoms with Gasteiger partial charge in [0.1, 0.15) is 5.60 Å². The Bertz CT molecular complexity index is 618. The van der Waals surface area contributed by atoms with E-state index in [4.69, 9.17) is 4.74 Å². The van der Waals surface area contributed by atoms with E-state index in [0.717, 1.165) is 30.1 Å². The van der Waals surface area contributed by atoms with Crippen molar-refractivity contribution in [3.8, 4) is 0 Å². The summed E-state index contributed by atoms with van der Waals surface area (Å²) in [6.45, 7) is 7.75. The summed E-state index contributed by atoms with van der Waals surface area (Å²) in [7, 11) is 3.53. The molecule has 0 atom stereocenters. The third-order valence-electron chi connectivity index (χ3n) is 3.90. The van der Waals surface area contributed by atoms with Crippen molar-refractivity contribution in [3.63, 3.8) is 0 Å². The molecule has 0 radical (unpaired) electrons. The third kappa shape index (κ3) is 12.9. The normalized spacial score (nSPS) is 11.4. The number of hydrogen-bond acceptors (Lipinski definition) is 4. The fourth-order valence-corrected chi connectivity index (χ4v) is 2.92. The number of rotatable bonds is 9. The van der Waals surface area contributed by atoms with Crippen LogP contribution in [-0.4, -0.2) is 55.2 Å². The second-order valence-corrected chi connectivity index (χ2v) is 8.69. The Morgan fingerprint density at radius 3 is 2.31 bits per heavy atom. The van der Waals surface area contributed by atoms with Crippen LogP contribution in [0.15, 0.2) is 29.3 Å². The number of aliphatic imine (C=N–C) groups is 1. The standard InChI is InChI=1S/C21H36N4O2S.HI/c1-21(2,3)27-20(26)25(5)16-18-11-9-17(10-12-18)15-24-19(22-4)23-13-7-8-14-28-6;/h9-12H,7-8,13-16H2,1-6H3,(H2,22,23,24);1H. The van der Waals surface area contributed by atoms with Crippen molar-refractivity contribution < 1.29 is 9.53 Å². The van der Waals surface area contributed by atoms with Crippen LogP contribution in [-0.2, 0) is 17.8 Å². The van der Waals surface area contributed by atoms with Gasteiger partial charge in [0.25, 0.3) is 0 Å². The first-order valence-electron chi connectivity index (χ1n) is 9.70. The molecule has 0 unspecified atom stereocenters. The van der Waals surface area contributed by atoms with Crippen LogP contribution >= 0.6 is 35.7 Å². The van der Waals surface area contributed by atoms with E-state index in [1.165, 1.54) is 12.2 Å². The van der Waals surface area contributed by atoms with E-state index < -0.39 is 5.60 Å². The highest BCUT2D eigenvalue weighted by Crippen LogP contribution is 2.12. The number of ether oxygens (including phenoxy) is 1. The van der Waals surface area contributed by atoms with Crippen molar-refractivity contribution in [2.45, 2.75) is 52.3 Å².